The maximum absolute atomic E-state index is 4.40. The molecule has 3 heterocycles. The summed E-state index contributed by atoms with van der Waals surface area (Å²) in [6, 6.07) is 5.57. The van der Waals surface area contributed by atoms with E-state index in [9.17, 15) is 0 Å². The second kappa shape index (κ2) is 3.16. The summed E-state index contributed by atoms with van der Waals surface area (Å²) in [7, 11) is 0. The van der Waals surface area contributed by atoms with Crippen LogP contribution in [0.3, 0.4) is 0 Å². The molecule has 15 heavy (non-hydrogen) atoms. The summed E-state index contributed by atoms with van der Waals surface area (Å²) in [4.78, 5) is 4.40. The van der Waals surface area contributed by atoms with Crippen LogP contribution in [-0.4, -0.2) is 24.4 Å². The van der Waals surface area contributed by atoms with E-state index in [0.717, 1.165) is 16.1 Å². The smallest absolute Gasteiger partial charge is 0.157 e. The van der Waals surface area contributed by atoms with Crippen LogP contribution in [0.15, 0.2) is 41.4 Å². The van der Waals surface area contributed by atoms with Gasteiger partial charge in [0.25, 0.3) is 0 Å². The first-order valence-corrected chi connectivity index (χ1v) is 5.14. The summed E-state index contributed by atoms with van der Waals surface area (Å²) in [5.41, 5.74) is 0.805. The zero-order valence-corrected chi connectivity index (χ0v) is 9.16. The molecule has 0 bridgehead atoms. The quantitative estimate of drug-likeness (QED) is 0.671. The summed E-state index contributed by atoms with van der Waals surface area (Å²) in [6.45, 7) is 0. The lowest BCUT2D eigenvalue weighted by atomic mass is 10.5. The molecule has 0 atom stereocenters. The van der Waals surface area contributed by atoms with Crippen LogP contribution < -0.4 is 0 Å². The minimum absolute atomic E-state index is 0.772. The van der Waals surface area contributed by atoms with Gasteiger partial charge in [0.05, 0.1) is 6.20 Å². The highest BCUT2D eigenvalue weighted by Crippen LogP contribution is 2.09. The number of aromatic nitrogens is 5. The maximum Gasteiger partial charge on any atom is 0.157 e. The third-order valence-corrected chi connectivity index (χ3v) is 2.46. The topological polar surface area (TPSA) is 48.0 Å². The molecule has 3 aromatic heterocycles. The summed E-state index contributed by atoms with van der Waals surface area (Å²) in [5.74, 6) is 0.772. The van der Waals surface area contributed by atoms with Gasteiger partial charge in [0.2, 0.25) is 0 Å². The van der Waals surface area contributed by atoms with Gasteiger partial charge >= 0.3 is 0 Å². The standard InChI is InChI=1S/C9H6BrN5/c10-7-2-5-15(13-7)9-3-6-14-8(12-9)1-4-11-14/h1-6H. The highest BCUT2D eigenvalue weighted by molar-refractivity contribution is 9.10. The number of fused-ring (bicyclic) bond motifs is 1. The molecule has 5 nitrogen and oxygen atoms in total. The van der Waals surface area contributed by atoms with Crippen molar-refractivity contribution in [1.29, 1.82) is 0 Å². The first kappa shape index (κ1) is 8.60. The molecule has 0 N–H and O–H groups in total. The van der Waals surface area contributed by atoms with E-state index in [1.165, 1.54) is 0 Å². The van der Waals surface area contributed by atoms with E-state index in [1.807, 2.05) is 30.6 Å². The number of hydrogen-bond acceptors (Lipinski definition) is 3. The van der Waals surface area contributed by atoms with Crippen LogP contribution in [0.25, 0.3) is 11.5 Å². The highest BCUT2D eigenvalue weighted by atomic mass is 79.9. The van der Waals surface area contributed by atoms with E-state index >= 15 is 0 Å². The van der Waals surface area contributed by atoms with Crippen molar-refractivity contribution >= 4 is 21.6 Å². The van der Waals surface area contributed by atoms with Gasteiger partial charge in [0, 0.05) is 24.5 Å². The second-order valence-electron chi connectivity index (χ2n) is 3.00. The molecule has 3 aromatic rings. The van der Waals surface area contributed by atoms with Gasteiger partial charge < -0.3 is 0 Å². The predicted molar refractivity (Wildman–Crippen MR) is 57.8 cm³/mol. The third-order valence-electron chi connectivity index (χ3n) is 2.03. The third kappa shape index (κ3) is 1.42. The van der Waals surface area contributed by atoms with Crippen molar-refractivity contribution in [3.05, 3.63) is 41.4 Å². The van der Waals surface area contributed by atoms with Crippen molar-refractivity contribution in [2.45, 2.75) is 0 Å². The first-order chi connectivity index (χ1) is 7.33. The fourth-order valence-corrected chi connectivity index (χ4v) is 1.65. The molecule has 0 fully saturated rings. The summed E-state index contributed by atoms with van der Waals surface area (Å²) in [6.07, 6.45) is 5.41. The van der Waals surface area contributed by atoms with Crippen molar-refractivity contribution in [3.8, 4) is 5.82 Å². The van der Waals surface area contributed by atoms with E-state index in [2.05, 4.69) is 31.1 Å². The van der Waals surface area contributed by atoms with Crippen molar-refractivity contribution in [2.24, 2.45) is 0 Å². The molecule has 0 radical (unpaired) electrons. The van der Waals surface area contributed by atoms with Crippen molar-refractivity contribution in [1.82, 2.24) is 24.4 Å². The molecule has 0 aliphatic heterocycles. The zero-order chi connectivity index (χ0) is 10.3. The summed E-state index contributed by atoms with van der Waals surface area (Å²) in [5, 5.41) is 8.29. The van der Waals surface area contributed by atoms with E-state index < -0.39 is 0 Å². The Kier molecular flexibility index (Phi) is 1.81. The zero-order valence-electron chi connectivity index (χ0n) is 7.58. The van der Waals surface area contributed by atoms with E-state index in [1.54, 1.807) is 15.4 Å². The Morgan fingerprint density at radius 2 is 2.07 bits per heavy atom. The Hall–Kier alpha value is -1.69. The lowest BCUT2D eigenvalue weighted by Gasteiger charge is -1.99. The molecule has 0 spiro atoms. The fourth-order valence-electron chi connectivity index (χ4n) is 1.36. The SMILES string of the molecule is Brc1ccn(-c2ccn3nccc3n2)n1. The second-order valence-corrected chi connectivity index (χ2v) is 3.82. The maximum atomic E-state index is 4.40. The lowest BCUT2D eigenvalue weighted by molar-refractivity contribution is 0.825. The Bertz CT molecular complexity index is 612. The van der Waals surface area contributed by atoms with Gasteiger partial charge in [-0.3, -0.25) is 0 Å². The van der Waals surface area contributed by atoms with Crippen LogP contribution in [0.1, 0.15) is 0 Å². The fraction of sp³-hybridized carbons (Fsp3) is 0. The van der Waals surface area contributed by atoms with Gasteiger partial charge in [-0.15, -0.1) is 0 Å². The van der Waals surface area contributed by atoms with E-state index in [-0.39, 0.29) is 0 Å². The van der Waals surface area contributed by atoms with Gasteiger partial charge in [0.1, 0.15) is 4.60 Å². The van der Waals surface area contributed by atoms with Gasteiger partial charge in [0.15, 0.2) is 11.5 Å². The molecule has 0 unspecified atom stereocenters. The molecule has 0 aliphatic rings. The number of halogens is 1. The Morgan fingerprint density at radius 1 is 1.13 bits per heavy atom. The van der Waals surface area contributed by atoms with Crippen LogP contribution in [0.4, 0.5) is 0 Å². The van der Waals surface area contributed by atoms with Crippen LogP contribution in [0, 0.1) is 0 Å². The summed E-state index contributed by atoms with van der Waals surface area (Å²) < 4.78 is 4.21. The molecule has 0 saturated heterocycles. The van der Waals surface area contributed by atoms with Crippen LogP contribution >= 0.6 is 15.9 Å². The van der Waals surface area contributed by atoms with Crippen LogP contribution in [0.2, 0.25) is 0 Å². The molecule has 6 heteroatoms. The normalized spacial score (nSPS) is 11.0. The van der Waals surface area contributed by atoms with Crippen LogP contribution in [-0.2, 0) is 0 Å². The highest BCUT2D eigenvalue weighted by Gasteiger charge is 2.02. The lowest BCUT2D eigenvalue weighted by Crippen LogP contribution is -2.00. The molecule has 74 valence electrons. The van der Waals surface area contributed by atoms with Crippen molar-refractivity contribution in [2.75, 3.05) is 0 Å². The number of rotatable bonds is 1. The number of hydrogen-bond donors (Lipinski definition) is 0. The average Bonchev–Trinajstić information content (AvgIpc) is 2.84. The van der Waals surface area contributed by atoms with Crippen molar-refractivity contribution in [3.63, 3.8) is 0 Å². The molecule has 3 rings (SSSR count). The minimum atomic E-state index is 0.772. The Morgan fingerprint density at radius 3 is 2.87 bits per heavy atom. The Labute approximate surface area is 93.5 Å². The van der Waals surface area contributed by atoms with Gasteiger partial charge in [-0.1, -0.05) is 0 Å². The first-order valence-electron chi connectivity index (χ1n) is 4.35. The molecule has 0 saturated carbocycles. The van der Waals surface area contributed by atoms with Gasteiger partial charge in [-0.05, 0) is 22.0 Å². The molecule has 0 aromatic carbocycles. The Balaban J connectivity index is 2.18. The minimum Gasteiger partial charge on any atom is -0.222 e. The number of nitrogens with zero attached hydrogens (tertiary/aromatic N) is 5. The monoisotopic (exact) mass is 263 g/mol. The molecular weight excluding hydrogens is 258 g/mol. The van der Waals surface area contributed by atoms with Crippen LogP contribution in [0.5, 0.6) is 0 Å². The van der Waals surface area contributed by atoms with Gasteiger partial charge in [-0.2, -0.15) is 10.2 Å². The van der Waals surface area contributed by atoms with E-state index in [0.29, 0.717) is 0 Å². The van der Waals surface area contributed by atoms with Crippen molar-refractivity contribution < 1.29 is 0 Å². The molecule has 0 aliphatic carbocycles. The predicted octanol–water partition coefficient (Wildman–Crippen LogP) is 1.68. The summed E-state index contributed by atoms with van der Waals surface area (Å²) >= 11 is 3.29. The largest absolute Gasteiger partial charge is 0.222 e. The van der Waals surface area contributed by atoms with Gasteiger partial charge in [-0.25, -0.2) is 14.2 Å². The average molecular weight is 264 g/mol. The van der Waals surface area contributed by atoms with E-state index in [4.69, 9.17) is 0 Å². The molecule has 0 amide bonds. The molecular formula is C9H6BrN5.